The van der Waals surface area contributed by atoms with E-state index in [1.54, 1.807) is 6.08 Å². The van der Waals surface area contributed by atoms with Crippen molar-refractivity contribution in [3.05, 3.63) is 12.2 Å². The third-order valence-electron chi connectivity index (χ3n) is 16.1. The summed E-state index contributed by atoms with van der Waals surface area (Å²) in [6, 6.07) is -0.964. The van der Waals surface area contributed by atoms with Gasteiger partial charge in [0, 0.05) is 6.42 Å². The molecular weight excluding hydrogens is 1020 g/mol. The van der Waals surface area contributed by atoms with Gasteiger partial charge in [-0.2, -0.15) is 0 Å². The normalized spacial score (nSPS) is 30.3. The van der Waals surface area contributed by atoms with E-state index < -0.39 is 124 Å². The van der Waals surface area contributed by atoms with Gasteiger partial charge in [0.2, 0.25) is 5.91 Å². The maximum absolute atomic E-state index is 12.8. The van der Waals surface area contributed by atoms with E-state index in [2.05, 4.69) is 12.2 Å². The Labute approximate surface area is 474 Å². The summed E-state index contributed by atoms with van der Waals surface area (Å²) in [6.07, 6.45) is 19.7. The first kappa shape index (κ1) is 71.8. The van der Waals surface area contributed by atoms with Crippen LogP contribution >= 0.6 is 0 Å². The lowest BCUT2D eigenvalue weighted by Gasteiger charge is -2.48. The zero-order valence-corrected chi connectivity index (χ0v) is 48.6. The number of hydrogen-bond donors (Lipinski definition) is 12. The largest absolute Gasteiger partial charge is 0.394 e. The van der Waals surface area contributed by atoms with Crippen molar-refractivity contribution < 1.29 is 89.4 Å². The number of carbonyl (C=O) groups is 1. The molecule has 0 aromatic carbocycles. The molecule has 19 heteroatoms. The predicted molar refractivity (Wildman–Crippen MR) is 300 cm³/mol. The topological polar surface area (TPSA) is 307 Å². The molecule has 1 amide bonds. The van der Waals surface area contributed by atoms with Crippen molar-refractivity contribution in [1.82, 2.24) is 5.32 Å². The highest BCUT2D eigenvalue weighted by atomic mass is 16.8. The second-order valence-electron chi connectivity index (χ2n) is 22.9. The van der Waals surface area contributed by atoms with Crippen LogP contribution in [0.25, 0.3) is 0 Å². The van der Waals surface area contributed by atoms with Crippen molar-refractivity contribution >= 4 is 5.91 Å². The van der Waals surface area contributed by atoms with Crippen LogP contribution in [-0.4, -0.2) is 193 Å². The Morgan fingerprint density at radius 2 is 0.785 bits per heavy atom. The van der Waals surface area contributed by atoms with Gasteiger partial charge >= 0.3 is 0 Å². The summed E-state index contributed by atoms with van der Waals surface area (Å²) in [7, 11) is 0. The standard InChI is InChI=1S/C60H113NO18/c1-3-5-7-8-9-10-11-12-13-14-15-16-17-18-19-20-21-22-23-24-25-26-27-28-29-30-31-32-33-34-35-36-37-44(65)43(61-48(66)38-6-4-2)42-74-58-54(72)51(69)56(46(40-63)76-58)79-60-55(73)52(70)57(47(41-64)77-60)78-59-53(71)50(68)49(67)45(39-62)75-59/h36-37,43-47,49-60,62-65,67-73H,3-35,38-42H2,1-2H3,(H,61,66)/b37-36+. The fourth-order valence-electron chi connectivity index (χ4n) is 10.9. The zero-order chi connectivity index (χ0) is 57.6. The van der Waals surface area contributed by atoms with Gasteiger partial charge in [0.15, 0.2) is 18.9 Å². The van der Waals surface area contributed by atoms with Crippen LogP contribution < -0.4 is 5.32 Å². The summed E-state index contributed by atoms with van der Waals surface area (Å²) in [4.78, 5) is 12.8. The van der Waals surface area contributed by atoms with E-state index in [0.29, 0.717) is 6.42 Å². The maximum Gasteiger partial charge on any atom is 0.220 e. The number of aliphatic hydroxyl groups excluding tert-OH is 11. The molecule has 3 rings (SSSR count). The predicted octanol–water partition coefficient (Wildman–Crippen LogP) is 6.16. The first-order valence-electron chi connectivity index (χ1n) is 31.4. The summed E-state index contributed by atoms with van der Waals surface area (Å²) in [5.41, 5.74) is 0. The molecule has 0 aromatic heterocycles. The van der Waals surface area contributed by atoms with E-state index in [-0.39, 0.29) is 18.9 Å². The van der Waals surface area contributed by atoms with Crippen LogP contribution in [0.15, 0.2) is 12.2 Å². The molecule has 466 valence electrons. The number of rotatable bonds is 47. The molecule has 19 nitrogen and oxygen atoms in total. The van der Waals surface area contributed by atoms with Crippen molar-refractivity contribution in [3.63, 3.8) is 0 Å². The molecular formula is C60H113NO18. The highest BCUT2D eigenvalue weighted by molar-refractivity contribution is 5.76. The molecule has 3 fully saturated rings. The lowest BCUT2D eigenvalue weighted by atomic mass is 9.96. The Kier molecular flexibility index (Phi) is 40.1. The Morgan fingerprint density at radius 3 is 1.18 bits per heavy atom. The summed E-state index contributed by atoms with van der Waals surface area (Å²) < 4.78 is 34.0. The molecule has 12 N–H and O–H groups in total. The number of carbonyl (C=O) groups excluding carboxylic acids is 1. The SMILES string of the molecule is CCCCCCCCCCCCCCCCCCCCCCCCCCCCCCCC/C=C/C(O)C(COC1OC(CO)C(OC2OC(CO)C(OC3OC(CO)C(O)C(O)C3O)C(O)C2O)C(O)C1O)NC(=O)CCCC. The van der Waals surface area contributed by atoms with E-state index >= 15 is 0 Å². The maximum atomic E-state index is 12.8. The molecule has 79 heavy (non-hydrogen) atoms. The number of aliphatic hydroxyl groups is 11. The molecule has 0 aliphatic carbocycles. The second kappa shape index (κ2) is 44.1. The van der Waals surface area contributed by atoms with Gasteiger partial charge in [-0.05, 0) is 19.3 Å². The highest BCUT2D eigenvalue weighted by Gasteiger charge is 2.53. The van der Waals surface area contributed by atoms with E-state index in [0.717, 1.165) is 32.1 Å². The minimum Gasteiger partial charge on any atom is -0.394 e. The molecule has 0 bridgehead atoms. The van der Waals surface area contributed by atoms with Gasteiger partial charge in [-0.15, -0.1) is 0 Å². The van der Waals surface area contributed by atoms with E-state index in [1.165, 1.54) is 173 Å². The molecule has 17 atom stereocenters. The molecule has 17 unspecified atom stereocenters. The third-order valence-corrected chi connectivity index (χ3v) is 16.1. The molecule has 3 aliphatic heterocycles. The number of hydrogen-bond acceptors (Lipinski definition) is 18. The van der Waals surface area contributed by atoms with Gasteiger partial charge in [0.1, 0.15) is 73.2 Å². The molecule has 3 aliphatic rings. The second-order valence-corrected chi connectivity index (χ2v) is 22.9. The average Bonchev–Trinajstić information content (AvgIpc) is 3.51. The Bertz CT molecular complexity index is 1500. The van der Waals surface area contributed by atoms with Crippen LogP contribution in [0.2, 0.25) is 0 Å². The molecule has 3 heterocycles. The fourth-order valence-corrected chi connectivity index (χ4v) is 10.9. The Hall–Kier alpha value is -1.47. The van der Waals surface area contributed by atoms with Crippen LogP contribution in [0.4, 0.5) is 0 Å². The number of nitrogens with one attached hydrogen (secondary N) is 1. The van der Waals surface area contributed by atoms with Crippen LogP contribution in [-0.2, 0) is 33.2 Å². The summed E-state index contributed by atoms with van der Waals surface area (Å²) in [5, 5.41) is 119. The van der Waals surface area contributed by atoms with Crippen LogP contribution in [0, 0.1) is 0 Å². The summed E-state index contributed by atoms with van der Waals surface area (Å²) >= 11 is 0. The Morgan fingerprint density at radius 1 is 0.443 bits per heavy atom. The van der Waals surface area contributed by atoms with Crippen LogP contribution in [0.3, 0.4) is 0 Å². The van der Waals surface area contributed by atoms with Crippen molar-refractivity contribution in [2.75, 3.05) is 26.4 Å². The summed E-state index contributed by atoms with van der Waals surface area (Å²) in [5.74, 6) is -0.309. The molecule has 0 spiro atoms. The molecule has 0 aromatic rings. The van der Waals surface area contributed by atoms with E-state index in [9.17, 15) is 61.0 Å². The lowest BCUT2D eigenvalue weighted by Crippen LogP contribution is -2.66. The van der Waals surface area contributed by atoms with Crippen LogP contribution in [0.5, 0.6) is 0 Å². The fraction of sp³-hybridized carbons (Fsp3) is 0.950. The number of amides is 1. The minimum absolute atomic E-state index is 0.220. The number of unbranched alkanes of at least 4 members (excludes halogenated alkanes) is 31. The quantitative estimate of drug-likeness (QED) is 0.0240. The average molecular weight is 1140 g/mol. The highest BCUT2D eigenvalue weighted by Crippen LogP contribution is 2.33. The number of ether oxygens (including phenoxy) is 6. The molecule has 0 radical (unpaired) electrons. The minimum atomic E-state index is -1.97. The smallest absolute Gasteiger partial charge is 0.220 e. The molecule has 0 saturated carbocycles. The van der Waals surface area contributed by atoms with Gasteiger partial charge in [0.05, 0.1) is 38.6 Å². The van der Waals surface area contributed by atoms with Gasteiger partial charge in [0.25, 0.3) is 0 Å². The van der Waals surface area contributed by atoms with Gasteiger partial charge in [-0.1, -0.05) is 219 Å². The van der Waals surface area contributed by atoms with Crippen molar-refractivity contribution in [2.45, 2.75) is 336 Å². The first-order chi connectivity index (χ1) is 38.3. The lowest BCUT2D eigenvalue weighted by molar-refractivity contribution is -0.379. The van der Waals surface area contributed by atoms with E-state index in [1.807, 2.05) is 13.0 Å². The first-order valence-corrected chi connectivity index (χ1v) is 31.4. The van der Waals surface area contributed by atoms with E-state index in [4.69, 9.17) is 28.4 Å². The van der Waals surface area contributed by atoms with Gasteiger partial charge < -0.3 is 89.9 Å². The monoisotopic (exact) mass is 1140 g/mol. The zero-order valence-electron chi connectivity index (χ0n) is 48.6. The van der Waals surface area contributed by atoms with Gasteiger partial charge in [-0.25, -0.2) is 0 Å². The van der Waals surface area contributed by atoms with Crippen molar-refractivity contribution in [3.8, 4) is 0 Å². The Balaban J connectivity index is 1.27. The van der Waals surface area contributed by atoms with Crippen LogP contribution in [0.1, 0.15) is 232 Å². The van der Waals surface area contributed by atoms with Crippen molar-refractivity contribution in [2.24, 2.45) is 0 Å². The van der Waals surface area contributed by atoms with Crippen molar-refractivity contribution in [1.29, 1.82) is 0 Å². The third kappa shape index (κ3) is 27.9. The molecule has 3 saturated heterocycles. The number of allylic oxidation sites excluding steroid dienone is 1. The van der Waals surface area contributed by atoms with Gasteiger partial charge in [-0.3, -0.25) is 4.79 Å². The summed E-state index contributed by atoms with van der Waals surface area (Å²) in [6.45, 7) is 1.47.